The Labute approximate surface area is 148 Å². The first kappa shape index (κ1) is 19.5. The van der Waals surface area contributed by atoms with E-state index in [9.17, 15) is 4.79 Å². The highest BCUT2D eigenvalue weighted by Gasteiger charge is 2.16. The summed E-state index contributed by atoms with van der Waals surface area (Å²) in [5.41, 5.74) is 0.984. The molecule has 0 saturated carbocycles. The molecule has 1 aromatic rings. The molecular formula is C15H22Cl3N3O. The van der Waals surface area contributed by atoms with Crippen molar-refractivity contribution < 1.29 is 4.79 Å². The number of hydrogen-bond acceptors (Lipinski definition) is 3. The van der Waals surface area contributed by atoms with E-state index in [-0.39, 0.29) is 18.3 Å². The van der Waals surface area contributed by atoms with Gasteiger partial charge in [0.15, 0.2) is 0 Å². The third-order valence-corrected chi connectivity index (χ3v) is 4.36. The van der Waals surface area contributed by atoms with Crippen LogP contribution in [0.15, 0.2) is 18.2 Å². The third kappa shape index (κ3) is 5.94. The van der Waals surface area contributed by atoms with E-state index < -0.39 is 0 Å². The molecule has 22 heavy (non-hydrogen) atoms. The summed E-state index contributed by atoms with van der Waals surface area (Å²) >= 11 is 11.9. The van der Waals surface area contributed by atoms with E-state index in [1.54, 1.807) is 11.0 Å². The first-order valence-corrected chi connectivity index (χ1v) is 7.93. The van der Waals surface area contributed by atoms with Gasteiger partial charge in [0, 0.05) is 26.7 Å². The molecule has 1 saturated heterocycles. The Kier molecular flexibility index (Phi) is 8.50. The van der Waals surface area contributed by atoms with Crippen LogP contribution >= 0.6 is 35.6 Å². The normalized spacial score (nSPS) is 15.8. The zero-order chi connectivity index (χ0) is 15.2. The lowest BCUT2D eigenvalue weighted by Gasteiger charge is -2.23. The van der Waals surface area contributed by atoms with Gasteiger partial charge in [0.2, 0.25) is 5.91 Å². The van der Waals surface area contributed by atoms with E-state index in [4.69, 9.17) is 23.2 Å². The van der Waals surface area contributed by atoms with Gasteiger partial charge in [0.05, 0.1) is 16.6 Å². The Hall–Kier alpha value is -0.520. The van der Waals surface area contributed by atoms with E-state index in [0.717, 1.165) is 38.2 Å². The van der Waals surface area contributed by atoms with Crippen LogP contribution in [0.4, 0.5) is 0 Å². The van der Waals surface area contributed by atoms with Crippen LogP contribution in [0.25, 0.3) is 0 Å². The number of carbonyl (C=O) groups excluding carboxylic acids is 1. The highest BCUT2D eigenvalue weighted by Crippen LogP contribution is 2.23. The van der Waals surface area contributed by atoms with Crippen molar-refractivity contribution in [1.29, 1.82) is 0 Å². The van der Waals surface area contributed by atoms with Gasteiger partial charge in [-0.25, -0.2) is 0 Å². The average Bonchev–Trinajstić information content (AvgIpc) is 2.71. The van der Waals surface area contributed by atoms with Gasteiger partial charge in [-0.1, -0.05) is 29.3 Å². The Balaban J connectivity index is 0.00000242. The molecule has 7 heteroatoms. The van der Waals surface area contributed by atoms with Gasteiger partial charge in [0.25, 0.3) is 0 Å². The summed E-state index contributed by atoms with van der Waals surface area (Å²) in [5.74, 6) is 0.128. The molecule has 0 spiro atoms. The molecule has 124 valence electrons. The molecule has 1 aliphatic heterocycles. The lowest BCUT2D eigenvalue weighted by atomic mass is 10.2. The highest BCUT2D eigenvalue weighted by molar-refractivity contribution is 6.42. The van der Waals surface area contributed by atoms with Crippen LogP contribution in [0.1, 0.15) is 12.0 Å². The minimum atomic E-state index is 0. The van der Waals surface area contributed by atoms with Gasteiger partial charge >= 0.3 is 0 Å². The quantitative estimate of drug-likeness (QED) is 0.890. The molecule has 0 bridgehead atoms. The number of likely N-dealkylation sites (N-methyl/N-ethyl adjacent to an activating group) is 1. The third-order valence-electron chi connectivity index (χ3n) is 3.62. The maximum atomic E-state index is 12.3. The number of carbonyl (C=O) groups is 1. The Morgan fingerprint density at radius 2 is 2.05 bits per heavy atom. The van der Waals surface area contributed by atoms with Gasteiger partial charge in [-0.2, -0.15) is 0 Å². The molecule has 2 rings (SSSR count). The number of rotatable bonds is 4. The average molecular weight is 367 g/mol. The van der Waals surface area contributed by atoms with E-state index >= 15 is 0 Å². The summed E-state index contributed by atoms with van der Waals surface area (Å²) in [6.45, 7) is 4.89. The maximum absolute atomic E-state index is 12.3. The number of hydrogen-bond donors (Lipinski definition) is 1. The summed E-state index contributed by atoms with van der Waals surface area (Å²) in [4.78, 5) is 16.2. The van der Waals surface area contributed by atoms with E-state index in [0.29, 0.717) is 23.1 Å². The fourth-order valence-electron chi connectivity index (χ4n) is 2.37. The van der Waals surface area contributed by atoms with Crippen LogP contribution in [-0.4, -0.2) is 55.5 Å². The van der Waals surface area contributed by atoms with Gasteiger partial charge < -0.3 is 10.2 Å². The highest BCUT2D eigenvalue weighted by atomic mass is 35.5. The topological polar surface area (TPSA) is 35.6 Å². The summed E-state index contributed by atoms with van der Waals surface area (Å²) in [6.07, 6.45) is 1.09. The first-order chi connectivity index (χ1) is 10.1. The Bertz CT molecular complexity index is 491. The second-order valence-electron chi connectivity index (χ2n) is 5.38. The molecule has 1 amide bonds. The largest absolute Gasteiger partial charge is 0.340 e. The van der Waals surface area contributed by atoms with E-state index in [1.807, 2.05) is 19.2 Å². The fraction of sp³-hybridized carbons (Fsp3) is 0.533. The zero-order valence-corrected chi connectivity index (χ0v) is 15.0. The van der Waals surface area contributed by atoms with Gasteiger partial charge in [-0.15, -0.1) is 12.4 Å². The van der Waals surface area contributed by atoms with Crippen LogP contribution in [0.5, 0.6) is 0 Å². The molecule has 1 aromatic carbocycles. The molecule has 0 atom stereocenters. The van der Waals surface area contributed by atoms with Crippen molar-refractivity contribution in [1.82, 2.24) is 15.1 Å². The number of halogens is 3. The SMILES string of the molecule is CN(Cc1ccc(Cl)c(Cl)c1)C(=O)CN1CCCNCC1.Cl. The predicted octanol–water partition coefficient (Wildman–Crippen LogP) is 2.67. The molecule has 1 N–H and O–H groups in total. The summed E-state index contributed by atoms with van der Waals surface area (Å²) < 4.78 is 0. The lowest BCUT2D eigenvalue weighted by Crippen LogP contribution is -2.39. The standard InChI is InChI=1S/C15H21Cl2N3O.ClH/c1-19(10-12-3-4-13(16)14(17)9-12)15(21)11-20-7-2-5-18-6-8-20;/h3-4,9,18H,2,5-8,10-11H2,1H3;1H. The minimum absolute atomic E-state index is 0. The molecule has 1 heterocycles. The van der Waals surface area contributed by atoms with Crippen LogP contribution in [-0.2, 0) is 11.3 Å². The van der Waals surface area contributed by atoms with Crippen molar-refractivity contribution in [2.24, 2.45) is 0 Å². The molecular weight excluding hydrogens is 345 g/mol. The van der Waals surface area contributed by atoms with Gasteiger partial charge in [-0.3, -0.25) is 9.69 Å². The monoisotopic (exact) mass is 365 g/mol. The molecule has 0 aliphatic carbocycles. The zero-order valence-electron chi connectivity index (χ0n) is 12.6. The van der Waals surface area contributed by atoms with Gasteiger partial charge in [-0.05, 0) is 37.2 Å². The predicted molar refractivity (Wildman–Crippen MR) is 94.1 cm³/mol. The van der Waals surface area contributed by atoms with Crippen LogP contribution in [0.2, 0.25) is 10.0 Å². The van der Waals surface area contributed by atoms with Gasteiger partial charge in [0.1, 0.15) is 0 Å². The second kappa shape index (κ2) is 9.58. The molecule has 0 aromatic heterocycles. The van der Waals surface area contributed by atoms with Crippen molar-refractivity contribution in [3.63, 3.8) is 0 Å². The van der Waals surface area contributed by atoms with Crippen LogP contribution in [0, 0.1) is 0 Å². The summed E-state index contributed by atoms with van der Waals surface area (Å²) in [7, 11) is 1.82. The van der Waals surface area contributed by atoms with Crippen molar-refractivity contribution >= 4 is 41.5 Å². The fourth-order valence-corrected chi connectivity index (χ4v) is 2.69. The molecule has 0 unspecified atom stereocenters. The first-order valence-electron chi connectivity index (χ1n) is 7.17. The number of nitrogens with zero attached hydrogens (tertiary/aromatic N) is 2. The molecule has 1 aliphatic rings. The Morgan fingerprint density at radius 3 is 2.77 bits per heavy atom. The van der Waals surface area contributed by atoms with Crippen LogP contribution < -0.4 is 5.32 Å². The molecule has 1 fully saturated rings. The van der Waals surface area contributed by atoms with Crippen molar-refractivity contribution in [3.05, 3.63) is 33.8 Å². The molecule has 0 radical (unpaired) electrons. The Morgan fingerprint density at radius 1 is 1.27 bits per heavy atom. The number of nitrogens with one attached hydrogen (secondary N) is 1. The lowest BCUT2D eigenvalue weighted by molar-refractivity contribution is -0.131. The molecule has 4 nitrogen and oxygen atoms in total. The smallest absolute Gasteiger partial charge is 0.236 e. The number of benzene rings is 1. The second-order valence-corrected chi connectivity index (χ2v) is 6.19. The van der Waals surface area contributed by atoms with Crippen molar-refractivity contribution in [2.75, 3.05) is 39.8 Å². The summed E-state index contributed by atoms with van der Waals surface area (Å²) in [6, 6.07) is 5.47. The van der Waals surface area contributed by atoms with E-state index in [2.05, 4.69) is 10.2 Å². The van der Waals surface area contributed by atoms with E-state index in [1.165, 1.54) is 0 Å². The van der Waals surface area contributed by atoms with Crippen molar-refractivity contribution in [3.8, 4) is 0 Å². The van der Waals surface area contributed by atoms with Crippen molar-refractivity contribution in [2.45, 2.75) is 13.0 Å². The van der Waals surface area contributed by atoms with Crippen LogP contribution in [0.3, 0.4) is 0 Å². The summed E-state index contributed by atoms with van der Waals surface area (Å²) in [5, 5.41) is 4.39. The minimum Gasteiger partial charge on any atom is -0.340 e. The number of amides is 1. The maximum Gasteiger partial charge on any atom is 0.236 e.